The Morgan fingerprint density at radius 1 is 1.46 bits per heavy atom. The molecule has 0 aliphatic heterocycles. The molecule has 0 unspecified atom stereocenters. The number of rotatable bonds is 4. The summed E-state index contributed by atoms with van der Waals surface area (Å²) in [6.45, 7) is 1.94. The maximum Gasteiger partial charge on any atom is 0.145 e. The van der Waals surface area contributed by atoms with Gasteiger partial charge in [0.25, 0.3) is 0 Å². The van der Waals surface area contributed by atoms with Crippen LogP contribution in [0.15, 0.2) is 18.2 Å². The third kappa shape index (κ3) is 2.61. The molecule has 72 valence electrons. The minimum Gasteiger partial charge on any atom is -0.491 e. The van der Waals surface area contributed by atoms with Crippen molar-refractivity contribution in [1.29, 1.82) is 0 Å². The van der Waals surface area contributed by atoms with Crippen molar-refractivity contribution in [1.82, 2.24) is 0 Å². The van der Waals surface area contributed by atoms with Crippen LogP contribution in [0.25, 0.3) is 0 Å². The Labute approximate surface area is 77.5 Å². The molecule has 0 fully saturated rings. The Morgan fingerprint density at radius 2 is 2.23 bits per heavy atom. The van der Waals surface area contributed by atoms with Gasteiger partial charge >= 0.3 is 0 Å². The van der Waals surface area contributed by atoms with Gasteiger partial charge < -0.3 is 10.5 Å². The standard InChI is InChI=1S/C10H14FNO/c1-8-4-2-5-9(12)10(8)13-7-3-6-11/h2,4-5H,3,6-7,12H2,1H3. The van der Waals surface area contributed by atoms with Crippen molar-refractivity contribution in [2.45, 2.75) is 13.3 Å². The van der Waals surface area contributed by atoms with Gasteiger partial charge in [-0.25, -0.2) is 0 Å². The van der Waals surface area contributed by atoms with Crippen LogP contribution in [-0.2, 0) is 0 Å². The van der Waals surface area contributed by atoms with Gasteiger partial charge in [0.1, 0.15) is 5.75 Å². The fourth-order valence-corrected chi connectivity index (χ4v) is 1.10. The summed E-state index contributed by atoms with van der Waals surface area (Å²) >= 11 is 0. The predicted molar refractivity (Wildman–Crippen MR) is 51.7 cm³/mol. The third-order valence-corrected chi connectivity index (χ3v) is 1.77. The Hall–Kier alpha value is -1.25. The van der Waals surface area contributed by atoms with Gasteiger partial charge in [-0.3, -0.25) is 4.39 Å². The predicted octanol–water partition coefficient (Wildman–Crippen LogP) is 2.32. The molecule has 0 radical (unpaired) electrons. The molecular formula is C10H14FNO. The van der Waals surface area contributed by atoms with Crippen molar-refractivity contribution >= 4 is 5.69 Å². The maximum absolute atomic E-state index is 11.8. The van der Waals surface area contributed by atoms with Crippen molar-refractivity contribution < 1.29 is 9.13 Å². The van der Waals surface area contributed by atoms with Gasteiger partial charge in [0.2, 0.25) is 0 Å². The van der Waals surface area contributed by atoms with Crippen molar-refractivity contribution in [3.63, 3.8) is 0 Å². The minimum atomic E-state index is -0.355. The Balaban J connectivity index is 2.64. The Bertz CT molecular complexity index is 255. The summed E-state index contributed by atoms with van der Waals surface area (Å²) in [4.78, 5) is 0. The summed E-state index contributed by atoms with van der Waals surface area (Å²) in [5.41, 5.74) is 7.28. The summed E-state index contributed by atoms with van der Waals surface area (Å²) in [6.07, 6.45) is 0.410. The van der Waals surface area contributed by atoms with E-state index in [2.05, 4.69) is 0 Å². The number of hydrogen-bond donors (Lipinski definition) is 1. The molecule has 2 N–H and O–H groups in total. The van der Waals surface area contributed by atoms with E-state index in [1.807, 2.05) is 19.1 Å². The van der Waals surface area contributed by atoms with Crippen molar-refractivity contribution in [3.05, 3.63) is 23.8 Å². The molecule has 1 rings (SSSR count). The van der Waals surface area contributed by atoms with E-state index < -0.39 is 0 Å². The van der Waals surface area contributed by atoms with E-state index in [4.69, 9.17) is 10.5 Å². The van der Waals surface area contributed by atoms with E-state index in [-0.39, 0.29) is 6.67 Å². The molecule has 2 nitrogen and oxygen atoms in total. The topological polar surface area (TPSA) is 35.2 Å². The molecule has 0 spiro atoms. The second-order valence-corrected chi connectivity index (χ2v) is 2.88. The lowest BCUT2D eigenvalue weighted by molar-refractivity contribution is 0.289. The Kier molecular flexibility index (Phi) is 3.55. The molecule has 13 heavy (non-hydrogen) atoms. The second-order valence-electron chi connectivity index (χ2n) is 2.88. The number of anilines is 1. The summed E-state index contributed by atoms with van der Waals surface area (Å²) < 4.78 is 17.1. The molecule has 0 bridgehead atoms. The molecule has 0 saturated carbocycles. The van der Waals surface area contributed by atoms with E-state index in [9.17, 15) is 4.39 Å². The fourth-order valence-electron chi connectivity index (χ4n) is 1.10. The number of benzene rings is 1. The summed E-state index contributed by atoms with van der Waals surface area (Å²) in [6, 6.07) is 5.56. The van der Waals surface area contributed by atoms with Crippen LogP contribution >= 0.6 is 0 Å². The fraction of sp³-hybridized carbons (Fsp3) is 0.400. The number of nitrogen functional groups attached to an aromatic ring is 1. The first-order valence-corrected chi connectivity index (χ1v) is 4.29. The van der Waals surface area contributed by atoms with Gasteiger partial charge in [0, 0.05) is 6.42 Å². The van der Waals surface area contributed by atoms with Gasteiger partial charge in [-0.15, -0.1) is 0 Å². The first kappa shape index (κ1) is 9.84. The Morgan fingerprint density at radius 3 is 2.85 bits per heavy atom. The highest BCUT2D eigenvalue weighted by atomic mass is 19.1. The van der Waals surface area contributed by atoms with E-state index in [0.717, 1.165) is 5.56 Å². The molecule has 0 aliphatic carbocycles. The van der Waals surface area contributed by atoms with Crippen molar-refractivity contribution in [3.8, 4) is 5.75 Å². The summed E-state index contributed by atoms with van der Waals surface area (Å²) in [5, 5.41) is 0. The minimum absolute atomic E-state index is 0.355. The second kappa shape index (κ2) is 4.70. The zero-order valence-electron chi connectivity index (χ0n) is 7.72. The highest BCUT2D eigenvalue weighted by Gasteiger charge is 2.02. The number of halogens is 1. The quantitative estimate of drug-likeness (QED) is 0.574. The summed E-state index contributed by atoms with van der Waals surface area (Å²) in [5.74, 6) is 0.677. The lowest BCUT2D eigenvalue weighted by atomic mass is 10.2. The molecule has 1 aromatic carbocycles. The zero-order chi connectivity index (χ0) is 9.68. The maximum atomic E-state index is 11.8. The molecule has 0 amide bonds. The summed E-state index contributed by atoms with van der Waals surface area (Å²) in [7, 11) is 0. The number of alkyl halides is 1. The highest BCUT2D eigenvalue weighted by Crippen LogP contribution is 2.25. The van der Waals surface area contributed by atoms with Crippen LogP contribution < -0.4 is 10.5 Å². The van der Waals surface area contributed by atoms with Crippen LogP contribution in [0.3, 0.4) is 0 Å². The van der Waals surface area contributed by atoms with E-state index in [1.165, 1.54) is 0 Å². The normalized spacial score (nSPS) is 10.0. The molecule has 0 heterocycles. The molecular weight excluding hydrogens is 169 g/mol. The molecule has 0 saturated heterocycles. The molecule has 1 aromatic rings. The zero-order valence-corrected chi connectivity index (χ0v) is 7.72. The van der Waals surface area contributed by atoms with E-state index in [1.54, 1.807) is 6.07 Å². The number of para-hydroxylation sites is 1. The average Bonchev–Trinajstić information content (AvgIpc) is 2.10. The van der Waals surface area contributed by atoms with Gasteiger partial charge in [-0.1, -0.05) is 12.1 Å². The lowest BCUT2D eigenvalue weighted by Gasteiger charge is -2.10. The van der Waals surface area contributed by atoms with Crippen LogP contribution in [0.2, 0.25) is 0 Å². The molecule has 3 heteroatoms. The molecule has 0 aromatic heterocycles. The smallest absolute Gasteiger partial charge is 0.145 e. The van der Waals surface area contributed by atoms with E-state index in [0.29, 0.717) is 24.5 Å². The monoisotopic (exact) mass is 183 g/mol. The van der Waals surface area contributed by atoms with Crippen LogP contribution in [0.4, 0.5) is 10.1 Å². The lowest BCUT2D eigenvalue weighted by Crippen LogP contribution is -2.02. The van der Waals surface area contributed by atoms with Crippen LogP contribution in [0.1, 0.15) is 12.0 Å². The molecule has 0 aliphatic rings. The number of nitrogens with two attached hydrogens (primary N) is 1. The first-order valence-electron chi connectivity index (χ1n) is 4.29. The van der Waals surface area contributed by atoms with E-state index >= 15 is 0 Å². The number of aryl methyl sites for hydroxylation is 1. The van der Waals surface area contributed by atoms with Crippen LogP contribution in [-0.4, -0.2) is 13.3 Å². The van der Waals surface area contributed by atoms with Gasteiger partial charge in [0.05, 0.1) is 19.0 Å². The SMILES string of the molecule is Cc1cccc(N)c1OCCCF. The van der Waals surface area contributed by atoms with Crippen LogP contribution in [0.5, 0.6) is 5.75 Å². The van der Waals surface area contributed by atoms with Crippen molar-refractivity contribution in [2.24, 2.45) is 0 Å². The first-order chi connectivity index (χ1) is 6.25. The molecule has 0 atom stereocenters. The van der Waals surface area contributed by atoms with Crippen LogP contribution in [0, 0.1) is 6.92 Å². The largest absolute Gasteiger partial charge is 0.491 e. The number of ether oxygens (including phenoxy) is 1. The highest BCUT2D eigenvalue weighted by molar-refractivity contribution is 5.56. The van der Waals surface area contributed by atoms with Gasteiger partial charge in [0.15, 0.2) is 0 Å². The van der Waals surface area contributed by atoms with Gasteiger partial charge in [-0.05, 0) is 18.6 Å². The van der Waals surface area contributed by atoms with Crippen molar-refractivity contribution in [2.75, 3.05) is 19.0 Å². The number of hydrogen-bond acceptors (Lipinski definition) is 2. The van der Waals surface area contributed by atoms with Gasteiger partial charge in [-0.2, -0.15) is 0 Å². The average molecular weight is 183 g/mol. The third-order valence-electron chi connectivity index (χ3n) is 1.77.